The van der Waals surface area contributed by atoms with Crippen LogP contribution in [-0.2, 0) is 10.2 Å². The van der Waals surface area contributed by atoms with Crippen molar-refractivity contribution in [3.8, 4) is 0 Å². The number of hydrogen-bond acceptors (Lipinski definition) is 5. The Bertz CT molecular complexity index is 570. The maximum Gasteiger partial charge on any atom is 0.282 e. The summed E-state index contributed by atoms with van der Waals surface area (Å²) in [6.07, 6.45) is 3.57. The van der Waals surface area contributed by atoms with Crippen molar-refractivity contribution >= 4 is 10.2 Å². The monoisotopic (exact) mass is 316 g/mol. The minimum Gasteiger partial charge on any atom is -0.340 e. The molecule has 120 valence electrons. The van der Waals surface area contributed by atoms with Crippen LogP contribution in [0.25, 0.3) is 0 Å². The van der Waals surface area contributed by atoms with E-state index in [2.05, 4.69) is 10.1 Å². The molecule has 1 atom stereocenters. The van der Waals surface area contributed by atoms with Crippen LogP contribution in [0.1, 0.15) is 57.3 Å². The highest BCUT2D eigenvalue weighted by molar-refractivity contribution is 7.86. The van der Waals surface area contributed by atoms with Gasteiger partial charge in [-0.25, -0.2) is 0 Å². The molecule has 0 bridgehead atoms. The zero-order valence-electron chi connectivity index (χ0n) is 13.1. The van der Waals surface area contributed by atoms with Gasteiger partial charge in [-0.15, -0.1) is 0 Å². The number of rotatable bonds is 4. The van der Waals surface area contributed by atoms with Crippen molar-refractivity contribution in [1.82, 2.24) is 18.8 Å². The first kappa shape index (κ1) is 16.4. The molecule has 1 unspecified atom stereocenters. The second-order valence-electron chi connectivity index (χ2n) is 5.77. The highest BCUT2D eigenvalue weighted by Gasteiger charge is 2.37. The normalized spacial score (nSPS) is 21.9. The molecule has 0 spiro atoms. The fourth-order valence-electron chi connectivity index (χ4n) is 2.50. The molecular formula is C13H24N4O3S. The fourth-order valence-corrected chi connectivity index (χ4v) is 4.24. The summed E-state index contributed by atoms with van der Waals surface area (Å²) >= 11 is 0. The van der Waals surface area contributed by atoms with Crippen LogP contribution in [0.15, 0.2) is 4.52 Å². The van der Waals surface area contributed by atoms with Crippen LogP contribution >= 0.6 is 0 Å². The second-order valence-corrected chi connectivity index (χ2v) is 7.71. The van der Waals surface area contributed by atoms with Gasteiger partial charge in [-0.1, -0.05) is 18.0 Å². The number of aromatic nitrogens is 2. The molecule has 1 fully saturated rings. The molecule has 1 aliphatic rings. The van der Waals surface area contributed by atoms with E-state index in [1.807, 2.05) is 13.8 Å². The van der Waals surface area contributed by atoms with E-state index < -0.39 is 10.2 Å². The van der Waals surface area contributed by atoms with E-state index in [4.69, 9.17) is 4.52 Å². The maximum atomic E-state index is 12.8. The fraction of sp³-hybridized carbons (Fsp3) is 0.846. The molecule has 1 aromatic heterocycles. The molecule has 1 aromatic rings. The molecule has 1 saturated heterocycles. The second kappa shape index (κ2) is 6.41. The van der Waals surface area contributed by atoms with Crippen LogP contribution in [0.4, 0.5) is 0 Å². The van der Waals surface area contributed by atoms with Gasteiger partial charge in [-0.2, -0.15) is 22.0 Å². The Kier molecular flexibility index (Phi) is 5.00. The molecule has 0 saturated carbocycles. The topological polar surface area (TPSA) is 79.5 Å². The molecule has 2 rings (SSSR count). The molecule has 7 nitrogen and oxygen atoms in total. The van der Waals surface area contributed by atoms with E-state index in [0.717, 1.165) is 25.7 Å². The van der Waals surface area contributed by atoms with Crippen LogP contribution in [-0.4, -0.2) is 46.8 Å². The van der Waals surface area contributed by atoms with E-state index >= 15 is 0 Å². The van der Waals surface area contributed by atoms with Crippen molar-refractivity contribution < 1.29 is 12.9 Å². The summed E-state index contributed by atoms with van der Waals surface area (Å²) in [5, 5.41) is 3.94. The molecule has 8 heteroatoms. The molecule has 0 radical (unpaired) electrons. The average Bonchev–Trinajstić information content (AvgIpc) is 2.71. The Morgan fingerprint density at radius 2 is 2.05 bits per heavy atom. The summed E-state index contributed by atoms with van der Waals surface area (Å²) in [5.74, 6) is 0.930. The van der Waals surface area contributed by atoms with Crippen molar-refractivity contribution in [3.63, 3.8) is 0 Å². The van der Waals surface area contributed by atoms with Crippen molar-refractivity contribution in [2.75, 3.05) is 13.6 Å². The van der Waals surface area contributed by atoms with Crippen molar-refractivity contribution in [2.24, 2.45) is 0 Å². The Labute approximate surface area is 126 Å². The molecule has 21 heavy (non-hydrogen) atoms. The number of nitrogens with zero attached hydrogens (tertiary/aromatic N) is 4. The third-order valence-electron chi connectivity index (χ3n) is 3.93. The van der Waals surface area contributed by atoms with Crippen molar-refractivity contribution in [1.29, 1.82) is 0 Å². The van der Waals surface area contributed by atoms with Gasteiger partial charge in [0.15, 0.2) is 5.82 Å². The molecule has 1 aliphatic heterocycles. The largest absolute Gasteiger partial charge is 0.340 e. The number of hydrogen-bond donors (Lipinski definition) is 0. The van der Waals surface area contributed by atoms with E-state index in [1.54, 1.807) is 14.0 Å². The third kappa shape index (κ3) is 3.44. The van der Waals surface area contributed by atoms with Gasteiger partial charge in [0, 0.05) is 26.6 Å². The summed E-state index contributed by atoms with van der Waals surface area (Å²) in [6, 6.07) is -0.429. The maximum absolute atomic E-state index is 12.8. The molecule has 0 aromatic carbocycles. The lowest BCUT2D eigenvalue weighted by Crippen LogP contribution is -2.46. The highest BCUT2D eigenvalue weighted by Crippen LogP contribution is 2.32. The molecule has 2 heterocycles. The first-order valence-corrected chi connectivity index (χ1v) is 8.78. The lowest BCUT2D eigenvalue weighted by molar-refractivity contribution is 0.271. The Hall–Kier alpha value is -0.990. The summed E-state index contributed by atoms with van der Waals surface area (Å²) < 4.78 is 33.6. The van der Waals surface area contributed by atoms with E-state index in [-0.39, 0.29) is 12.1 Å². The summed E-state index contributed by atoms with van der Waals surface area (Å²) in [6.45, 7) is 5.94. The van der Waals surface area contributed by atoms with Crippen LogP contribution in [0.3, 0.4) is 0 Å². The van der Waals surface area contributed by atoms with Crippen LogP contribution in [0, 0.1) is 6.92 Å². The predicted molar refractivity (Wildman–Crippen MR) is 78.8 cm³/mol. The summed E-state index contributed by atoms with van der Waals surface area (Å²) in [4.78, 5) is 4.24. The summed E-state index contributed by atoms with van der Waals surface area (Å²) in [7, 11) is -1.91. The quantitative estimate of drug-likeness (QED) is 0.847. The Morgan fingerprint density at radius 3 is 2.62 bits per heavy atom. The standard InChI is InChI=1S/C13H24N4O3S/c1-10(2)16(4)21(18,19)17-9-7-5-6-8-12(17)13-14-11(3)20-15-13/h10,12H,5-9H2,1-4H3. The van der Waals surface area contributed by atoms with E-state index in [0.29, 0.717) is 18.3 Å². The third-order valence-corrected chi connectivity index (χ3v) is 6.11. The van der Waals surface area contributed by atoms with Gasteiger partial charge in [0.05, 0.1) is 6.04 Å². The van der Waals surface area contributed by atoms with Crippen LogP contribution in [0.2, 0.25) is 0 Å². The number of aryl methyl sites for hydroxylation is 1. The highest BCUT2D eigenvalue weighted by atomic mass is 32.2. The minimum absolute atomic E-state index is 0.0918. The van der Waals surface area contributed by atoms with E-state index in [9.17, 15) is 8.42 Å². The lowest BCUT2D eigenvalue weighted by atomic mass is 10.1. The first-order chi connectivity index (χ1) is 9.84. The minimum atomic E-state index is -3.53. The van der Waals surface area contributed by atoms with Crippen molar-refractivity contribution in [3.05, 3.63) is 11.7 Å². The molecule has 0 aliphatic carbocycles. The molecule has 0 N–H and O–H groups in total. The van der Waals surface area contributed by atoms with Crippen LogP contribution in [0.5, 0.6) is 0 Å². The van der Waals surface area contributed by atoms with Crippen LogP contribution < -0.4 is 0 Å². The average molecular weight is 316 g/mol. The first-order valence-electron chi connectivity index (χ1n) is 7.39. The van der Waals surface area contributed by atoms with Gasteiger partial charge in [0.25, 0.3) is 10.2 Å². The van der Waals surface area contributed by atoms with Gasteiger partial charge in [0.2, 0.25) is 5.89 Å². The zero-order chi connectivity index (χ0) is 15.6. The predicted octanol–water partition coefficient (Wildman–Crippen LogP) is 1.88. The summed E-state index contributed by atoms with van der Waals surface area (Å²) in [5.41, 5.74) is 0. The van der Waals surface area contributed by atoms with Gasteiger partial charge < -0.3 is 4.52 Å². The van der Waals surface area contributed by atoms with Gasteiger partial charge >= 0.3 is 0 Å². The lowest BCUT2D eigenvalue weighted by Gasteiger charge is -2.32. The van der Waals surface area contributed by atoms with E-state index in [1.165, 1.54) is 8.61 Å². The SMILES string of the molecule is Cc1nc(C2CCCCCN2S(=O)(=O)N(C)C(C)C)no1. The van der Waals surface area contributed by atoms with Gasteiger partial charge in [-0.3, -0.25) is 0 Å². The molecular weight excluding hydrogens is 292 g/mol. The zero-order valence-corrected chi connectivity index (χ0v) is 13.9. The van der Waals surface area contributed by atoms with Gasteiger partial charge in [-0.05, 0) is 26.7 Å². The smallest absolute Gasteiger partial charge is 0.282 e. The van der Waals surface area contributed by atoms with Crippen molar-refractivity contribution in [2.45, 2.75) is 58.5 Å². The molecule has 0 amide bonds. The Morgan fingerprint density at radius 1 is 1.33 bits per heavy atom. The Balaban J connectivity index is 2.36. The van der Waals surface area contributed by atoms with Gasteiger partial charge in [0.1, 0.15) is 0 Å².